The number of amides is 2. The first-order chi connectivity index (χ1) is 9.73. The van der Waals surface area contributed by atoms with Crippen molar-refractivity contribution in [3.05, 3.63) is 0 Å². The Morgan fingerprint density at radius 1 is 1.24 bits per heavy atom. The van der Waals surface area contributed by atoms with Crippen molar-refractivity contribution in [3.8, 4) is 0 Å². The summed E-state index contributed by atoms with van der Waals surface area (Å²) in [4.78, 5) is 27.7. The molecule has 4 nitrogen and oxygen atoms in total. The summed E-state index contributed by atoms with van der Waals surface area (Å²) in [5, 5.41) is 3.09. The van der Waals surface area contributed by atoms with Crippen molar-refractivity contribution in [1.29, 1.82) is 0 Å². The number of hydrogen-bond donors (Lipinski definition) is 1. The van der Waals surface area contributed by atoms with Crippen LogP contribution in [0.2, 0.25) is 0 Å². The SMILES string of the molecule is CCC1C(=O)NC2(CCCCC2)C(=O)N1C(C)C(C)(C)C. The lowest BCUT2D eigenvalue weighted by Crippen LogP contribution is -2.73. The number of nitrogens with one attached hydrogen (secondary N) is 1. The minimum absolute atomic E-state index is 0.0312. The summed E-state index contributed by atoms with van der Waals surface area (Å²) in [7, 11) is 0. The average Bonchev–Trinajstić information content (AvgIpc) is 2.42. The Morgan fingerprint density at radius 3 is 2.29 bits per heavy atom. The van der Waals surface area contributed by atoms with Gasteiger partial charge in [-0.3, -0.25) is 9.59 Å². The zero-order chi connectivity index (χ0) is 15.8. The second-order valence-electron chi connectivity index (χ2n) is 7.81. The summed E-state index contributed by atoms with van der Waals surface area (Å²) in [6, 6.07) is -0.265. The van der Waals surface area contributed by atoms with E-state index in [1.165, 1.54) is 0 Å². The molecule has 120 valence electrons. The van der Waals surface area contributed by atoms with Gasteiger partial charge >= 0.3 is 0 Å². The maximum absolute atomic E-state index is 13.2. The van der Waals surface area contributed by atoms with Gasteiger partial charge in [-0.2, -0.15) is 0 Å². The van der Waals surface area contributed by atoms with E-state index in [0.29, 0.717) is 6.42 Å². The summed E-state index contributed by atoms with van der Waals surface area (Å²) in [6.07, 6.45) is 5.48. The predicted molar refractivity (Wildman–Crippen MR) is 83.8 cm³/mol. The largest absolute Gasteiger partial charge is 0.340 e. The van der Waals surface area contributed by atoms with E-state index in [9.17, 15) is 9.59 Å². The van der Waals surface area contributed by atoms with E-state index in [0.717, 1.165) is 32.1 Å². The normalized spacial score (nSPS) is 27.7. The summed E-state index contributed by atoms with van der Waals surface area (Å²) in [5.74, 6) is 0.186. The van der Waals surface area contributed by atoms with Gasteiger partial charge in [0, 0.05) is 6.04 Å². The quantitative estimate of drug-likeness (QED) is 0.851. The molecular formula is C17H30N2O2. The second kappa shape index (κ2) is 5.62. The van der Waals surface area contributed by atoms with E-state index in [1.54, 1.807) is 0 Å². The molecular weight excluding hydrogens is 264 g/mol. The second-order valence-corrected chi connectivity index (χ2v) is 7.81. The van der Waals surface area contributed by atoms with Crippen LogP contribution in [0.15, 0.2) is 0 Å². The molecule has 2 atom stereocenters. The molecule has 1 N–H and O–H groups in total. The predicted octanol–water partition coefficient (Wildman–Crippen LogP) is 2.86. The third kappa shape index (κ3) is 2.82. The van der Waals surface area contributed by atoms with Crippen molar-refractivity contribution in [2.45, 2.75) is 90.8 Å². The molecule has 1 heterocycles. The average molecular weight is 294 g/mol. The van der Waals surface area contributed by atoms with Gasteiger partial charge < -0.3 is 10.2 Å². The first-order valence-electron chi connectivity index (χ1n) is 8.38. The number of carbonyl (C=O) groups is 2. The standard InChI is InChI=1S/C17H30N2O2/c1-6-13-14(20)18-17(10-8-7-9-11-17)15(21)19(13)12(2)16(3,4)5/h12-13H,6-11H2,1-5H3,(H,18,20). The summed E-state index contributed by atoms with van der Waals surface area (Å²) in [6.45, 7) is 10.5. The van der Waals surface area contributed by atoms with Crippen molar-refractivity contribution in [2.75, 3.05) is 0 Å². The lowest BCUT2D eigenvalue weighted by molar-refractivity contribution is -0.162. The third-order valence-corrected chi connectivity index (χ3v) is 5.41. The fourth-order valence-corrected chi connectivity index (χ4v) is 3.63. The fourth-order valence-electron chi connectivity index (χ4n) is 3.63. The minimum atomic E-state index is -0.624. The van der Waals surface area contributed by atoms with Gasteiger partial charge in [0.1, 0.15) is 11.6 Å². The Hall–Kier alpha value is -1.06. The highest BCUT2D eigenvalue weighted by Gasteiger charge is 2.52. The molecule has 2 aliphatic rings. The molecule has 0 bridgehead atoms. The Balaban J connectivity index is 2.37. The van der Waals surface area contributed by atoms with Crippen LogP contribution in [0, 0.1) is 5.41 Å². The Kier molecular flexibility index (Phi) is 4.36. The molecule has 4 heteroatoms. The van der Waals surface area contributed by atoms with Crippen LogP contribution >= 0.6 is 0 Å². The van der Waals surface area contributed by atoms with E-state index in [-0.39, 0.29) is 29.3 Å². The molecule has 2 rings (SSSR count). The molecule has 2 fully saturated rings. The van der Waals surface area contributed by atoms with Gasteiger partial charge in [-0.05, 0) is 31.6 Å². The maximum atomic E-state index is 13.2. The van der Waals surface area contributed by atoms with Crippen LogP contribution in [0.5, 0.6) is 0 Å². The molecule has 1 saturated carbocycles. The Bertz CT molecular complexity index is 419. The highest BCUT2D eigenvalue weighted by Crippen LogP contribution is 2.37. The summed E-state index contributed by atoms with van der Waals surface area (Å²) < 4.78 is 0. The van der Waals surface area contributed by atoms with Gasteiger partial charge in [-0.1, -0.05) is 47.0 Å². The molecule has 21 heavy (non-hydrogen) atoms. The first kappa shape index (κ1) is 16.3. The van der Waals surface area contributed by atoms with Crippen LogP contribution in [0.4, 0.5) is 0 Å². The van der Waals surface area contributed by atoms with Crippen LogP contribution in [-0.2, 0) is 9.59 Å². The van der Waals surface area contributed by atoms with Gasteiger partial charge in [0.05, 0.1) is 0 Å². The molecule has 0 aromatic heterocycles. The van der Waals surface area contributed by atoms with Crippen LogP contribution in [0.1, 0.15) is 73.1 Å². The fraction of sp³-hybridized carbons (Fsp3) is 0.882. The van der Waals surface area contributed by atoms with E-state index in [1.807, 2.05) is 11.8 Å². The smallest absolute Gasteiger partial charge is 0.249 e. The van der Waals surface area contributed by atoms with Crippen molar-refractivity contribution < 1.29 is 9.59 Å². The number of nitrogens with zero attached hydrogens (tertiary/aromatic N) is 1. The van der Waals surface area contributed by atoms with E-state index >= 15 is 0 Å². The summed E-state index contributed by atoms with van der Waals surface area (Å²) in [5.41, 5.74) is -0.656. The molecule has 0 aromatic carbocycles. The number of carbonyl (C=O) groups excluding carboxylic acids is 2. The molecule has 2 amide bonds. The van der Waals surface area contributed by atoms with Gasteiger partial charge in [0.2, 0.25) is 11.8 Å². The van der Waals surface area contributed by atoms with Crippen molar-refractivity contribution in [1.82, 2.24) is 10.2 Å². The van der Waals surface area contributed by atoms with Gasteiger partial charge in [-0.25, -0.2) is 0 Å². The van der Waals surface area contributed by atoms with Crippen molar-refractivity contribution >= 4 is 11.8 Å². The topological polar surface area (TPSA) is 49.4 Å². The lowest BCUT2D eigenvalue weighted by atomic mass is 9.76. The van der Waals surface area contributed by atoms with E-state index < -0.39 is 5.54 Å². The van der Waals surface area contributed by atoms with Crippen molar-refractivity contribution in [3.63, 3.8) is 0 Å². The lowest BCUT2D eigenvalue weighted by Gasteiger charge is -2.52. The Labute approximate surface area is 128 Å². The van der Waals surface area contributed by atoms with Crippen LogP contribution in [-0.4, -0.2) is 34.3 Å². The zero-order valence-corrected chi connectivity index (χ0v) is 14.2. The molecule has 1 saturated heterocycles. The van der Waals surface area contributed by atoms with Crippen LogP contribution in [0.3, 0.4) is 0 Å². The molecule has 1 spiro atoms. The van der Waals surface area contributed by atoms with E-state index in [2.05, 4.69) is 33.0 Å². The van der Waals surface area contributed by atoms with Gasteiger partial charge in [0.25, 0.3) is 0 Å². The van der Waals surface area contributed by atoms with E-state index in [4.69, 9.17) is 0 Å². The maximum Gasteiger partial charge on any atom is 0.249 e. The monoisotopic (exact) mass is 294 g/mol. The first-order valence-corrected chi connectivity index (χ1v) is 8.38. The number of piperazine rings is 1. The Morgan fingerprint density at radius 2 is 1.81 bits per heavy atom. The van der Waals surface area contributed by atoms with Crippen molar-refractivity contribution in [2.24, 2.45) is 5.41 Å². The van der Waals surface area contributed by atoms with Gasteiger partial charge in [-0.15, -0.1) is 0 Å². The molecule has 1 aliphatic heterocycles. The van der Waals surface area contributed by atoms with Crippen LogP contribution < -0.4 is 5.32 Å². The molecule has 0 aromatic rings. The highest BCUT2D eigenvalue weighted by molar-refractivity contribution is 6.00. The summed E-state index contributed by atoms with van der Waals surface area (Å²) >= 11 is 0. The zero-order valence-electron chi connectivity index (χ0n) is 14.2. The number of rotatable bonds is 2. The molecule has 0 radical (unpaired) electrons. The highest BCUT2D eigenvalue weighted by atomic mass is 16.2. The third-order valence-electron chi connectivity index (χ3n) is 5.41. The molecule has 2 unspecified atom stereocenters. The molecule has 1 aliphatic carbocycles. The van der Waals surface area contributed by atoms with Crippen LogP contribution in [0.25, 0.3) is 0 Å². The number of hydrogen-bond acceptors (Lipinski definition) is 2. The minimum Gasteiger partial charge on any atom is -0.340 e. The van der Waals surface area contributed by atoms with Gasteiger partial charge in [0.15, 0.2) is 0 Å².